The topological polar surface area (TPSA) is 66.5 Å². The van der Waals surface area contributed by atoms with Gasteiger partial charge in [0.1, 0.15) is 0 Å². The molecule has 0 aliphatic rings. The Labute approximate surface area is 103 Å². The molecule has 2 aromatic rings. The smallest absolute Gasteiger partial charge is 0.404 e. The Bertz CT molecular complexity index is 520. The maximum atomic E-state index is 11.5. The molecule has 0 bridgehead atoms. The van der Waals surface area contributed by atoms with Gasteiger partial charge in [-0.2, -0.15) is 4.98 Å². The standard InChI is InChI=1S/C12H12N2O2S/c1-2-16-12(15)10-7-17-11(14-10)8-3-5-9(13)6-4-8/h3-7H,2,13H2,1H3/p+1. The molecular formula is C12H13N2O2S+. The van der Waals surface area contributed by atoms with Crippen molar-refractivity contribution in [2.24, 2.45) is 0 Å². The number of hydrogen-bond acceptors (Lipinski definition) is 4. The van der Waals surface area contributed by atoms with Crippen molar-refractivity contribution >= 4 is 23.0 Å². The van der Waals surface area contributed by atoms with E-state index in [-0.39, 0.29) is 5.97 Å². The van der Waals surface area contributed by atoms with Gasteiger partial charge in [0.2, 0.25) is 0 Å². The summed E-state index contributed by atoms with van der Waals surface area (Å²) in [5.74, 6) is -0.328. The van der Waals surface area contributed by atoms with Crippen molar-refractivity contribution in [3.63, 3.8) is 0 Å². The van der Waals surface area contributed by atoms with E-state index in [1.54, 1.807) is 12.3 Å². The van der Waals surface area contributed by atoms with Gasteiger partial charge in [-0.1, -0.05) is 11.3 Å². The Morgan fingerprint density at radius 1 is 1.41 bits per heavy atom. The molecule has 0 saturated carbocycles. The molecule has 4 nitrogen and oxygen atoms in total. The number of anilines is 1. The Hall–Kier alpha value is -1.88. The van der Waals surface area contributed by atoms with Gasteiger partial charge in [-0.25, -0.2) is 4.79 Å². The summed E-state index contributed by atoms with van der Waals surface area (Å²) >= 11 is 1.47. The van der Waals surface area contributed by atoms with E-state index in [1.165, 1.54) is 11.3 Å². The zero-order valence-corrected chi connectivity index (χ0v) is 10.2. The first-order valence-corrected chi connectivity index (χ1v) is 6.12. The highest BCUT2D eigenvalue weighted by Gasteiger charge is 2.19. The van der Waals surface area contributed by atoms with Gasteiger partial charge >= 0.3 is 11.7 Å². The fourth-order valence-electron chi connectivity index (χ4n) is 1.38. The van der Waals surface area contributed by atoms with Gasteiger partial charge in [0.25, 0.3) is 5.01 Å². The van der Waals surface area contributed by atoms with Gasteiger partial charge in [0.15, 0.2) is 0 Å². The minimum absolute atomic E-state index is 0.328. The summed E-state index contributed by atoms with van der Waals surface area (Å²) in [6.07, 6.45) is 0. The van der Waals surface area contributed by atoms with E-state index < -0.39 is 0 Å². The monoisotopic (exact) mass is 249 g/mol. The van der Waals surface area contributed by atoms with E-state index in [9.17, 15) is 4.79 Å². The lowest BCUT2D eigenvalue weighted by molar-refractivity contribution is -0.364. The van der Waals surface area contributed by atoms with Crippen LogP contribution in [-0.4, -0.2) is 12.6 Å². The molecule has 0 amide bonds. The number of carbonyl (C=O) groups is 1. The number of aromatic amines is 1. The van der Waals surface area contributed by atoms with Crippen LogP contribution in [0.1, 0.15) is 17.4 Å². The van der Waals surface area contributed by atoms with Gasteiger partial charge in [-0.05, 0) is 31.2 Å². The zero-order chi connectivity index (χ0) is 12.3. The first kappa shape index (κ1) is 11.6. The van der Waals surface area contributed by atoms with E-state index >= 15 is 0 Å². The fourth-order valence-corrected chi connectivity index (χ4v) is 2.21. The molecule has 0 saturated heterocycles. The van der Waals surface area contributed by atoms with Crippen LogP contribution in [0.4, 0.5) is 5.69 Å². The molecule has 0 atom stereocenters. The molecule has 2 rings (SSSR count). The average molecular weight is 249 g/mol. The largest absolute Gasteiger partial charge is 0.458 e. The molecule has 0 fully saturated rings. The summed E-state index contributed by atoms with van der Waals surface area (Å²) in [4.78, 5) is 14.5. The third-order valence-electron chi connectivity index (χ3n) is 2.21. The average Bonchev–Trinajstić information content (AvgIpc) is 2.80. The van der Waals surface area contributed by atoms with Crippen LogP contribution in [0.2, 0.25) is 0 Å². The number of carbonyl (C=O) groups excluding carboxylic acids is 1. The van der Waals surface area contributed by atoms with Crippen LogP contribution < -0.4 is 10.7 Å². The molecule has 0 aliphatic carbocycles. The Morgan fingerprint density at radius 2 is 2.12 bits per heavy atom. The molecule has 1 heterocycles. The molecule has 17 heavy (non-hydrogen) atoms. The van der Waals surface area contributed by atoms with Crippen molar-refractivity contribution < 1.29 is 14.5 Å². The van der Waals surface area contributed by atoms with E-state index in [0.29, 0.717) is 12.3 Å². The SMILES string of the molecule is CCOC(=O)c1csc(-c2ccc(N)cc2)[nH+]1. The lowest BCUT2D eigenvalue weighted by Crippen LogP contribution is -2.16. The van der Waals surface area contributed by atoms with Gasteiger partial charge in [-0.15, -0.1) is 0 Å². The molecular weight excluding hydrogens is 236 g/mol. The molecule has 1 aromatic heterocycles. The number of rotatable bonds is 3. The second-order valence-electron chi connectivity index (χ2n) is 3.45. The summed E-state index contributed by atoms with van der Waals surface area (Å²) in [5.41, 5.74) is 7.81. The fraction of sp³-hybridized carbons (Fsp3) is 0.167. The van der Waals surface area contributed by atoms with Crippen molar-refractivity contribution in [2.45, 2.75) is 6.92 Å². The van der Waals surface area contributed by atoms with Crippen LogP contribution in [0.25, 0.3) is 10.6 Å². The number of thiazole rings is 1. The maximum Gasteiger partial charge on any atom is 0.404 e. The number of nitrogen functional groups attached to an aromatic ring is 1. The summed E-state index contributed by atoms with van der Waals surface area (Å²) in [7, 11) is 0. The molecule has 0 radical (unpaired) electrons. The maximum absolute atomic E-state index is 11.5. The van der Waals surface area contributed by atoms with Crippen molar-refractivity contribution in [1.29, 1.82) is 0 Å². The third-order valence-corrected chi connectivity index (χ3v) is 3.14. The molecule has 88 valence electrons. The van der Waals surface area contributed by atoms with Crippen LogP contribution in [-0.2, 0) is 4.74 Å². The van der Waals surface area contributed by atoms with E-state index in [0.717, 1.165) is 16.3 Å². The Kier molecular flexibility index (Phi) is 3.39. The number of esters is 1. The van der Waals surface area contributed by atoms with Crippen LogP contribution >= 0.6 is 11.3 Å². The molecule has 1 aromatic carbocycles. The van der Waals surface area contributed by atoms with E-state index in [2.05, 4.69) is 4.98 Å². The van der Waals surface area contributed by atoms with Crippen LogP contribution in [0.15, 0.2) is 29.6 Å². The highest BCUT2D eigenvalue weighted by atomic mass is 32.1. The minimum atomic E-state index is -0.328. The number of ether oxygens (including phenoxy) is 1. The summed E-state index contributed by atoms with van der Waals surface area (Å²) in [5, 5.41) is 2.66. The quantitative estimate of drug-likeness (QED) is 0.668. The lowest BCUT2D eigenvalue weighted by atomic mass is 10.2. The number of hydrogen-bond donors (Lipinski definition) is 1. The van der Waals surface area contributed by atoms with Gasteiger partial charge < -0.3 is 10.5 Å². The molecule has 0 spiro atoms. The summed E-state index contributed by atoms with van der Waals surface area (Å²) in [6, 6.07) is 7.47. The van der Waals surface area contributed by atoms with Crippen molar-refractivity contribution in [3.05, 3.63) is 35.3 Å². The van der Waals surface area contributed by atoms with Crippen molar-refractivity contribution in [2.75, 3.05) is 12.3 Å². The van der Waals surface area contributed by atoms with Crippen LogP contribution in [0, 0.1) is 0 Å². The summed E-state index contributed by atoms with van der Waals surface area (Å²) in [6.45, 7) is 2.16. The Morgan fingerprint density at radius 3 is 2.76 bits per heavy atom. The minimum Gasteiger partial charge on any atom is -0.458 e. The number of nitrogens with two attached hydrogens (primary N) is 1. The van der Waals surface area contributed by atoms with Gasteiger partial charge in [-0.3, -0.25) is 0 Å². The highest BCUT2D eigenvalue weighted by Crippen LogP contribution is 2.21. The zero-order valence-electron chi connectivity index (χ0n) is 9.40. The second-order valence-corrected chi connectivity index (χ2v) is 4.33. The van der Waals surface area contributed by atoms with Crippen molar-refractivity contribution in [3.8, 4) is 10.6 Å². The van der Waals surface area contributed by atoms with Gasteiger partial charge in [0, 0.05) is 5.69 Å². The first-order valence-electron chi connectivity index (χ1n) is 5.24. The van der Waals surface area contributed by atoms with Crippen LogP contribution in [0.3, 0.4) is 0 Å². The number of nitrogens with one attached hydrogen (secondary N) is 1. The third kappa shape index (κ3) is 2.62. The first-order chi connectivity index (χ1) is 8.20. The molecule has 5 heteroatoms. The summed E-state index contributed by atoms with van der Waals surface area (Å²) < 4.78 is 4.91. The van der Waals surface area contributed by atoms with E-state index in [4.69, 9.17) is 10.5 Å². The number of H-pyrrole nitrogens is 1. The normalized spacial score (nSPS) is 10.2. The predicted molar refractivity (Wildman–Crippen MR) is 66.7 cm³/mol. The number of aromatic nitrogens is 1. The van der Waals surface area contributed by atoms with Crippen LogP contribution in [0.5, 0.6) is 0 Å². The van der Waals surface area contributed by atoms with Gasteiger partial charge in [0.05, 0.1) is 17.6 Å². The second kappa shape index (κ2) is 4.97. The molecule has 0 aliphatic heterocycles. The molecule has 3 N–H and O–H groups in total. The number of benzene rings is 1. The molecule has 0 unspecified atom stereocenters. The van der Waals surface area contributed by atoms with E-state index in [1.807, 2.05) is 24.3 Å². The Balaban J connectivity index is 2.23. The predicted octanol–water partition coefficient (Wildman–Crippen LogP) is 1.99. The lowest BCUT2D eigenvalue weighted by Gasteiger charge is -1.94. The highest BCUT2D eigenvalue weighted by molar-refractivity contribution is 7.12. The van der Waals surface area contributed by atoms with Crippen molar-refractivity contribution in [1.82, 2.24) is 0 Å².